The van der Waals surface area contributed by atoms with Crippen molar-refractivity contribution in [2.45, 2.75) is 19.3 Å². The van der Waals surface area contributed by atoms with Crippen molar-refractivity contribution in [3.8, 4) is 5.75 Å². The molecule has 20 heavy (non-hydrogen) atoms. The molecule has 0 saturated heterocycles. The van der Waals surface area contributed by atoms with Crippen LogP contribution in [0.3, 0.4) is 0 Å². The summed E-state index contributed by atoms with van der Waals surface area (Å²) in [5, 5.41) is 2.00. The van der Waals surface area contributed by atoms with Gasteiger partial charge in [-0.05, 0) is 41.8 Å². The molecule has 0 aliphatic heterocycles. The Morgan fingerprint density at radius 3 is 2.50 bits per heavy atom. The third-order valence-electron chi connectivity index (χ3n) is 3.74. The number of methoxy groups -OCH3 is 1. The SMILES string of the molecule is COc1ccc2cc(C(=O)CC(=O)C3CC3)ccc2c1. The molecule has 102 valence electrons. The van der Waals surface area contributed by atoms with Crippen LogP contribution < -0.4 is 4.74 Å². The lowest BCUT2D eigenvalue weighted by Gasteiger charge is -2.05. The molecule has 0 N–H and O–H groups in total. The minimum atomic E-state index is -0.0837. The number of carbonyl (C=O) groups excluding carboxylic acids is 2. The van der Waals surface area contributed by atoms with E-state index in [2.05, 4.69) is 0 Å². The molecule has 3 nitrogen and oxygen atoms in total. The Morgan fingerprint density at radius 2 is 1.80 bits per heavy atom. The van der Waals surface area contributed by atoms with Crippen LogP contribution in [-0.4, -0.2) is 18.7 Å². The molecule has 2 aromatic carbocycles. The van der Waals surface area contributed by atoms with Gasteiger partial charge in [0.1, 0.15) is 11.5 Å². The van der Waals surface area contributed by atoms with E-state index in [1.807, 2.05) is 30.3 Å². The Balaban J connectivity index is 1.84. The quantitative estimate of drug-likeness (QED) is 0.616. The van der Waals surface area contributed by atoms with Crippen molar-refractivity contribution in [3.63, 3.8) is 0 Å². The van der Waals surface area contributed by atoms with E-state index in [0.29, 0.717) is 5.56 Å². The number of Topliss-reactive ketones (excluding diaryl/α,β-unsaturated/α-hetero) is 2. The summed E-state index contributed by atoms with van der Waals surface area (Å²) in [6.07, 6.45) is 1.93. The number of carbonyl (C=O) groups is 2. The van der Waals surface area contributed by atoms with Crippen LogP contribution in [0.1, 0.15) is 29.6 Å². The first-order chi connectivity index (χ1) is 9.67. The molecular formula is C17H16O3. The Labute approximate surface area is 117 Å². The highest BCUT2D eigenvalue weighted by molar-refractivity contribution is 6.10. The molecule has 0 atom stereocenters. The average Bonchev–Trinajstić information content (AvgIpc) is 3.30. The fourth-order valence-electron chi connectivity index (χ4n) is 2.33. The van der Waals surface area contributed by atoms with E-state index in [0.717, 1.165) is 29.4 Å². The summed E-state index contributed by atoms with van der Waals surface area (Å²) >= 11 is 0. The molecule has 0 heterocycles. The maximum atomic E-state index is 12.1. The molecule has 1 aliphatic carbocycles. The second-order valence-corrected chi connectivity index (χ2v) is 5.27. The van der Waals surface area contributed by atoms with E-state index in [9.17, 15) is 9.59 Å². The second-order valence-electron chi connectivity index (χ2n) is 5.27. The molecule has 1 aliphatic rings. The molecule has 0 unspecified atom stereocenters. The molecule has 0 aromatic heterocycles. The molecule has 0 spiro atoms. The number of rotatable bonds is 5. The zero-order valence-corrected chi connectivity index (χ0v) is 11.4. The maximum absolute atomic E-state index is 12.1. The van der Waals surface area contributed by atoms with E-state index in [1.54, 1.807) is 13.2 Å². The third kappa shape index (κ3) is 2.57. The van der Waals surface area contributed by atoms with Crippen LogP contribution in [0, 0.1) is 5.92 Å². The van der Waals surface area contributed by atoms with Crippen molar-refractivity contribution in [1.82, 2.24) is 0 Å². The summed E-state index contributed by atoms with van der Waals surface area (Å²) in [6.45, 7) is 0. The lowest BCUT2D eigenvalue weighted by atomic mass is 10.0. The number of benzene rings is 2. The van der Waals surface area contributed by atoms with E-state index < -0.39 is 0 Å². The predicted molar refractivity (Wildman–Crippen MR) is 77.2 cm³/mol. The van der Waals surface area contributed by atoms with Gasteiger partial charge in [-0.3, -0.25) is 9.59 Å². The molecule has 1 saturated carbocycles. The summed E-state index contributed by atoms with van der Waals surface area (Å²) in [6, 6.07) is 11.2. The van der Waals surface area contributed by atoms with Crippen LogP contribution in [0.5, 0.6) is 5.75 Å². The maximum Gasteiger partial charge on any atom is 0.170 e. The number of ether oxygens (including phenoxy) is 1. The standard InChI is InChI=1S/C17H16O3/c1-20-15-7-6-12-8-14(5-4-13(12)9-15)17(19)10-16(18)11-2-3-11/h4-9,11H,2-3,10H2,1H3. The zero-order chi connectivity index (χ0) is 14.1. The monoisotopic (exact) mass is 268 g/mol. The minimum Gasteiger partial charge on any atom is -0.497 e. The molecule has 1 fully saturated rings. The Hall–Kier alpha value is -2.16. The lowest BCUT2D eigenvalue weighted by Crippen LogP contribution is -2.09. The highest BCUT2D eigenvalue weighted by Crippen LogP contribution is 2.31. The van der Waals surface area contributed by atoms with Crippen LogP contribution >= 0.6 is 0 Å². The molecule has 0 bridgehead atoms. The predicted octanol–water partition coefficient (Wildman–Crippen LogP) is 3.40. The van der Waals surface area contributed by atoms with Crippen molar-refractivity contribution in [2.75, 3.05) is 7.11 Å². The number of ketones is 2. The van der Waals surface area contributed by atoms with Gasteiger partial charge >= 0.3 is 0 Å². The first kappa shape index (κ1) is 12.9. The third-order valence-corrected chi connectivity index (χ3v) is 3.74. The number of hydrogen-bond acceptors (Lipinski definition) is 3. The molecule has 3 heteroatoms. The van der Waals surface area contributed by atoms with Gasteiger partial charge in [-0.25, -0.2) is 0 Å². The van der Waals surface area contributed by atoms with Gasteiger partial charge in [0.2, 0.25) is 0 Å². The van der Waals surface area contributed by atoms with Gasteiger partial charge < -0.3 is 4.74 Å². The van der Waals surface area contributed by atoms with Gasteiger partial charge in [-0.2, -0.15) is 0 Å². The summed E-state index contributed by atoms with van der Waals surface area (Å²) in [5.74, 6) is 0.939. The summed E-state index contributed by atoms with van der Waals surface area (Å²) in [4.78, 5) is 23.8. The number of fused-ring (bicyclic) bond motifs is 1. The fraction of sp³-hybridized carbons (Fsp3) is 0.294. The highest BCUT2D eigenvalue weighted by Gasteiger charge is 2.30. The van der Waals surface area contributed by atoms with Gasteiger partial charge in [-0.15, -0.1) is 0 Å². The fourth-order valence-corrected chi connectivity index (χ4v) is 2.33. The van der Waals surface area contributed by atoms with Gasteiger partial charge in [0.25, 0.3) is 0 Å². The van der Waals surface area contributed by atoms with Crippen molar-refractivity contribution in [2.24, 2.45) is 5.92 Å². The van der Waals surface area contributed by atoms with Crippen LogP contribution in [0.15, 0.2) is 36.4 Å². The van der Waals surface area contributed by atoms with Gasteiger partial charge in [-0.1, -0.05) is 18.2 Å². The summed E-state index contributed by atoms with van der Waals surface area (Å²) < 4.78 is 5.17. The van der Waals surface area contributed by atoms with Gasteiger partial charge in [0.05, 0.1) is 13.5 Å². The van der Waals surface area contributed by atoms with Crippen LogP contribution in [0.4, 0.5) is 0 Å². The van der Waals surface area contributed by atoms with Crippen LogP contribution in [0.25, 0.3) is 10.8 Å². The Morgan fingerprint density at radius 1 is 1.10 bits per heavy atom. The minimum absolute atomic E-state index is 0.0341. The topological polar surface area (TPSA) is 43.4 Å². The Kier molecular flexibility index (Phi) is 3.26. The zero-order valence-electron chi connectivity index (χ0n) is 11.4. The lowest BCUT2D eigenvalue weighted by molar-refractivity contribution is -0.119. The first-order valence-electron chi connectivity index (χ1n) is 6.81. The second kappa shape index (κ2) is 5.08. The van der Waals surface area contributed by atoms with E-state index >= 15 is 0 Å². The molecule has 0 radical (unpaired) electrons. The van der Waals surface area contributed by atoms with E-state index in [-0.39, 0.29) is 23.9 Å². The van der Waals surface area contributed by atoms with Crippen molar-refractivity contribution < 1.29 is 14.3 Å². The van der Waals surface area contributed by atoms with Crippen LogP contribution in [0.2, 0.25) is 0 Å². The largest absolute Gasteiger partial charge is 0.497 e. The normalized spacial score (nSPS) is 14.2. The van der Waals surface area contributed by atoms with E-state index in [4.69, 9.17) is 4.74 Å². The highest BCUT2D eigenvalue weighted by atomic mass is 16.5. The molecule has 2 aromatic rings. The summed E-state index contributed by atoms with van der Waals surface area (Å²) in [7, 11) is 1.63. The molecule has 0 amide bonds. The van der Waals surface area contributed by atoms with Gasteiger partial charge in [0, 0.05) is 11.5 Å². The van der Waals surface area contributed by atoms with Crippen LogP contribution in [-0.2, 0) is 4.79 Å². The van der Waals surface area contributed by atoms with Crippen molar-refractivity contribution in [3.05, 3.63) is 42.0 Å². The molecule has 3 rings (SSSR count). The van der Waals surface area contributed by atoms with Crippen molar-refractivity contribution >= 4 is 22.3 Å². The molecular weight excluding hydrogens is 252 g/mol. The summed E-state index contributed by atoms with van der Waals surface area (Å²) in [5.41, 5.74) is 0.608. The average molecular weight is 268 g/mol. The number of hydrogen-bond donors (Lipinski definition) is 0. The first-order valence-corrected chi connectivity index (χ1v) is 6.81. The van der Waals surface area contributed by atoms with Gasteiger partial charge in [0.15, 0.2) is 5.78 Å². The van der Waals surface area contributed by atoms with E-state index in [1.165, 1.54) is 0 Å². The van der Waals surface area contributed by atoms with Crippen molar-refractivity contribution in [1.29, 1.82) is 0 Å². The smallest absolute Gasteiger partial charge is 0.170 e. The Bertz CT molecular complexity index is 684.